The van der Waals surface area contributed by atoms with Gasteiger partial charge in [0.2, 0.25) is 10.0 Å². The Morgan fingerprint density at radius 1 is 1.19 bits per heavy atom. The van der Waals surface area contributed by atoms with E-state index in [4.69, 9.17) is 0 Å². The summed E-state index contributed by atoms with van der Waals surface area (Å²) in [5, 5.41) is 3.14. The number of anilines is 1. The van der Waals surface area contributed by atoms with Gasteiger partial charge in [-0.15, -0.1) is 0 Å². The van der Waals surface area contributed by atoms with Gasteiger partial charge in [-0.1, -0.05) is 6.92 Å². The van der Waals surface area contributed by atoms with Crippen LogP contribution in [0.3, 0.4) is 0 Å². The maximum atomic E-state index is 12.2. The number of benzene rings is 1. The molecule has 1 rings (SSSR count). The van der Waals surface area contributed by atoms with Gasteiger partial charge in [-0.05, 0) is 51.6 Å². The van der Waals surface area contributed by atoms with Crippen LogP contribution in [0.25, 0.3) is 0 Å². The van der Waals surface area contributed by atoms with Gasteiger partial charge in [0, 0.05) is 31.4 Å². The Balaban J connectivity index is 2.57. The molecule has 1 aromatic carbocycles. The molecule has 0 heterocycles. The second-order valence-electron chi connectivity index (χ2n) is 5.19. The maximum Gasteiger partial charge on any atom is 0.240 e. The standard InChI is InChI=1S/C15H27N3O2S/c1-5-13(3)18(4)12-11-17-21(19,20)15-9-7-14(8-10-15)16-6-2/h7-10,13,16-17H,5-6,11-12H2,1-4H3. The summed E-state index contributed by atoms with van der Waals surface area (Å²) >= 11 is 0. The summed E-state index contributed by atoms with van der Waals surface area (Å²) < 4.78 is 27.0. The van der Waals surface area contributed by atoms with Gasteiger partial charge in [0.25, 0.3) is 0 Å². The Hall–Kier alpha value is -1.11. The van der Waals surface area contributed by atoms with Gasteiger partial charge >= 0.3 is 0 Å². The molecule has 0 amide bonds. The highest BCUT2D eigenvalue weighted by Crippen LogP contribution is 2.13. The first-order chi connectivity index (χ1) is 9.90. The van der Waals surface area contributed by atoms with Gasteiger partial charge in [0.1, 0.15) is 0 Å². The summed E-state index contributed by atoms with van der Waals surface area (Å²) in [6.45, 7) is 8.18. The van der Waals surface area contributed by atoms with Crippen LogP contribution in [0.15, 0.2) is 29.2 Å². The Bertz CT molecular complexity index is 514. The second-order valence-corrected chi connectivity index (χ2v) is 6.96. The van der Waals surface area contributed by atoms with Crippen LogP contribution in [0, 0.1) is 0 Å². The zero-order valence-corrected chi connectivity index (χ0v) is 14.2. The van der Waals surface area contributed by atoms with Crippen LogP contribution in [0.2, 0.25) is 0 Å². The van der Waals surface area contributed by atoms with Crippen LogP contribution in [-0.4, -0.2) is 46.0 Å². The number of sulfonamides is 1. The molecule has 0 aliphatic rings. The minimum atomic E-state index is -3.42. The number of hydrogen-bond acceptors (Lipinski definition) is 4. The molecule has 2 N–H and O–H groups in total. The molecule has 0 radical (unpaired) electrons. The van der Waals surface area contributed by atoms with Crippen molar-refractivity contribution in [2.75, 3.05) is 32.0 Å². The lowest BCUT2D eigenvalue weighted by Crippen LogP contribution is -2.37. The molecule has 120 valence electrons. The van der Waals surface area contributed by atoms with Crippen molar-refractivity contribution >= 4 is 15.7 Å². The van der Waals surface area contributed by atoms with Crippen molar-refractivity contribution in [1.29, 1.82) is 0 Å². The Morgan fingerprint density at radius 3 is 2.33 bits per heavy atom. The predicted octanol–water partition coefficient (Wildman–Crippen LogP) is 2.13. The zero-order valence-electron chi connectivity index (χ0n) is 13.4. The minimum Gasteiger partial charge on any atom is -0.385 e. The first-order valence-corrected chi connectivity index (χ1v) is 8.92. The van der Waals surface area contributed by atoms with Crippen LogP contribution < -0.4 is 10.0 Å². The van der Waals surface area contributed by atoms with Gasteiger partial charge in [-0.25, -0.2) is 13.1 Å². The minimum absolute atomic E-state index is 0.301. The summed E-state index contributed by atoms with van der Waals surface area (Å²) in [6, 6.07) is 7.26. The molecule has 0 bridgehead atoms. The molecule has 1 atom stereocenters. The van der Waals surface area contributed by atoms with Crippen LogP contribution >= 0.6 is 0 Å². The molecule has 0 saturated carbocycles. The number of nitrogens with one attached hydrogen (secondary N) is 2. The number of nitrogens with zero attached hydrogens (tertiary/aromatic N) is 1. The predicted molar refractivity (Wildman–Crippen MR) is 88.2 cm³/mol. The highest BCUT2D eigenvalue weighted by Gasteiger charge is 2.14. The maximum absolute atomic E-state index is 12.2. The van der Waals surface area contributed by atoms with Crippen LogP contribution in [0.1, 0.15) is 27.2 Å². The molecule has 0 aromatic heterocycles. The molecule has 0 saturated heterocycles. The molecule has 0 spiro atoms. The van der Waals surface area contributed by atoms with E-state index >= 15 is 0 Å². The molecular weight excluding hydrogens is 286 g/mol. The van der Waals surface area contributed by atoms with Crippen LogP contribution in [0.5, 0.6) is 0 Å². The quantitative estimate of drug-likeness (QED) is 0.733. The van der Waals surface area contributed by atoms with Crippen molar-refractivity contribution in [2.45, 2.75) is 38.1 Å². The average Bonchev–Trinajstić information content (AvgIpc) is 2.47. The number of likely N-dealkylation sites (N-methyl/N-ethyl adjacent to an activating group) is 1. The largest absolute Gasteiger partial charge is 0.385 e. The third-order valence-electron chi connectivity index (χ3n) is 3.65. The molecule has 0 aliphatic carbocycles. The molecule has 0 fully saturated rings. The molecule has 21 heavy (non-hydrogen) atoms. The fourth-order valence-electron chi connectivity index (χ4n) is 1.93. The van der Waals surface area contributed by atoms with E-state index in [1.807, 2.05) is 14.0 Å². The number of rotatable bonds is 9. The first-order valence-electron chi connectivity index (χ1n) is 7.44. The van der Waals surface area contributed by atoms with Crippen molar-refractivity contribution in [3.63, 3.8) is 0 Å². The van der Waals surface area contributed by atoms with Gasteiger partial charge in [0.15, 0.2) is 0 Å². The third kappa shape index (κ3) is 5.65. The normalized spacial score (nSPS) is 13.4. The smallest absolute Gasteiger partial charge is 0.240 e. The lowest BCUT2D eigenvalue weighted by atomic mass is 10.2. The van der Waals surface area contributed by atoms with E-state index < -0.39 is 10.0 Å². The van der Waals surface area contributed by atoms with E-state index in [0.29, 0.717) is 24.0 Å². The van der Waals surface area contributed by atoms with Crippen LogP contribution in [-0.2, 0) is 10.0 Å². The van der Waals surface area contributed by atoms with E-state index in [1.165, 1.54) is 0 Å². The highest BCUT2D eigenvalue weighted by molar-refractivity contribution is 7.89. The monoisotopic (exact) mass is 313 g/mol. The average molecular weight is 313 g/mol. The third-order valence-corrected chi connectivity index (χ3v) is 5.12. The second kappa shape index (κ2) is 8.36. The first kappa shape index (κ1) is 17.9. The summed E-state index contributed by atoms with van der Waals surface area (Å²) in [6.07, 6.45) is 1.05. The number of hydrogen-bond donors (Lipinski definition) is 2. The van der Waals surface area contributed by atoms with E-state index in [-0.39, 0.29) is 0 Å². The molecule has 5 nitrogen and oxygen atoms in total. The van der Waals surface area contributed by atoms with Gasteiger partial charge < -0.3 is 10.2 Å². The fourth-order valence-corrected chi connectivity index (χ4v) is 2.95. The lowest BCUT2D eigenvalue weighted by Gasteiger charge is -2.23. The van der Waals surface area contributed by atoms with Crippen molar-refractivity contribution in [2.24, 2.45) is 0 Å². The van der Waals surface area contributed by atoms with E-state index in [2.05, 4.69) is 28.8 Å². The van der Waals surface area contributed by atoms with Gasteiger partial charge in [-0.3, -0.25) is 0 Å². The molecule has 1 unspecified atom stereocenters. The topological polar surface area (TPSA) is 61.4 Å². The van der Waals surface area contributed by atoms with E-state index in [1.54, 1.807) is 24.3 Å². The SMILES string of the molecule is CCNc1ccc(S(=O)(=O)NCCN(C)C(C)CC)cc1. The van der Waals surface area contributed by atoms with Crippen molar-refractivity contribution in [3.8, 4) is 0 Å². The summed E-state index contributed by atoms with van der Waals surface area (Å²) in [5.41, 5.74) is 0.924. The molecule has 1 aromatic rings. The Labute approximate surface area is 128 Å². The molecule has 0 aliphatic heterocycles. The Morgan fingerprint density at radius 2 is 1.81 bits per heavy atom. The van der Waals surface area contributed by atoms with E-state index in [0.717, 1.165) is 18.7 Å². The van der Waals surface area contributed by atoms with Crippen molar-refractivity contribution in [3.05, 3.63) is 24.3 Å². The van der Waals surface area contributed by atoms with Crippen molar-refractivity contribution < 1.29 is 8.42 Å². The van der Waals surface area contributed by atoms with Gasteiger partial charge in [-0.2, -0.15) is 0 Å². The Kier molecular flexibility index (Phi) is 7.14. The van der Waals surface area contributed by atoms with Gasteiger partial charge in [0.05, 0.1) is 4.90 Å². The van der Waals surface area contributed by atoms with Crippen LogP contribution in [0.4, 0.5) is 5.69 Å². The molecule has 6 heteroatoms. The summed E-state index contributed by atoms with van der Waals surface area (Å²) in [4.78, 5) is 2.45. The lowest BCUT2D eigenvalue weighted by molar-refractivity contribution is 0.256. The summed E-state index contributed by atoms with van der Waals surface area (Å²) in [7, 11) is -1.42. The zero-order chi connectivity index (χ0) is 15.9. The van der Waals surface area contributed by atoms with E-state index in [9.17, 15) is 8.42 Å². The summed E-state index contributed by atoms with van der Waals surface area (Å²) in [5.74, 6) is 0. The fraction of sp³-hybridized carbons (Fsp3) is 0.600. The highest BCUT2D eigenvalue weighted by atomic mass is 32.2. The molecular formula is C15H27N3O2S. The van der Waals surface area contributed by atoms with Crippen molar-refractivity contribution in [1.82, 2.24) is 9.62 Å².